The number of benzene rings is 2. The molecule has 2 aromatic rings. The fourth-order valence-electron chi connectivity index (χ4n) is 6.56. The maximum absolute atomic E-state index is 13.4. The maximum atomic E-state index is 13.4. The first-order valence-corrected chi connectivity index (χ1v) is 11.7. The SMILES string of the molecule is COc1ccc(C(=O)N2CC[C@@H]3CC(=O)[C@@H](Cc4ccccc4)[C@@H]4CCC[C@H]2[C@@H]34)cc1. The molecule has 1 saturated heterocycles. The van der Waals surface area contributed by atoms with Gasteiger partial charge in [-0.25, -0.2) is 0 Å². The summed E-state index contributed by atoms with van der Waals surface area (Å²) >= 11 is 0. The van der Waals surface area contributed by atoms with Crippen LogP contribution >= 0.6 is 0 Å². The lowest BCUT2D eigenvalue weighted by molar-refractivity contribution is -0.137. The molecule has 0 radical (unpaired) electrons. The Balaban J connectivity index is 1.39. The van der Waals surface area contributed by atoms with Crippen LogP contribution in [0.3, 0.4) is 0 Å². The summed E-state index contributed by atoms with van der Waals surface area (Å²) in [5, 5.41) is 0. The summed E-state index contributed by atoms with van der Waals surface area (Å²) in [4.78, 5) is 28.7. The largest absolute Gasteiger partial charge is 0.497 e. The van der Waals surface area contributed by atoms with Crippen molar-refractivity contribution in [2.24, 2.45) is 23.7 Å². The van der Waals surface area contributed by atoms with Gasteiger partial charge in [0.25, 0.3) is 5.91 Å². The Morgan fingerprint density at radius 3 is 2.55 bits per heavy atom. The smallest absolute Gasteiger partial charge is 0.254 e. The summed E-state index contributed by atoms with van der Waals surface area (Å²) in [6, 6.07) is 18.2. The molecule has 0 spiro atoms. The van der Waals surface area contributed by atoms with Gasteiger partial charge in [0.05, 0.1) is 7.11 Å². The van der Waals surface area contributed by atoms with E-state index in [9.17, 15) is 9.59 Å². The van der Waals surface area contributed by atoms with Crippen LogP contribution in [0.1, 0.15) is 48.0 Å². The van der Waals surface area contributed by atoms with E-state index in [-0.39, 0.29) is 17.9 Å². The number of ether oxygens (including phenoxy) is 1. The number of carbonyl (C=O) groups excluding carboxylic acids is 2. The zero-order valence-electron chi connectivity index (χ0n) is 18.2. The zero-order valence-corrected chi connectivity index (χ0v) is 18.2. The molecule has 5 atom stereocenters. The van der Waals surface area contributed by atoms with Crippen LogP contribution in [0.4, 0.5) is 0 Å². The highest BCUT2D eigenvalue weighted by Crippen LogP contribution is 2.51. The van der Waals surface area contributed by atoms with E-state index in [1.54, 1.807) is 7.11 Å². The van der Waals surface area contributed by atoms with E-state index in [2.05, 4.69) is 29.2 Å². The Kier molecular flexibility index (Phi) is 5.56. The minimum atomic E-state index is 0.0995. The van der Waals surface area contributed by atoms with Gasteiger partial charge in [0.1, 0.15) is 11.5 Å². The van der Waals surface area contributed by atoms with Gasteiger partial charge < -0.3 is 9.64 Å². The maximum Gasteiger partial charge on any atom is 0.254 e. The highest BCUT2D eigenvalue weighted by Gasteiger charge is 2.52. The standard InChI is InChI=1S/C27H31NO3/c1-31-21-12-10-19(11-13-21)27(30)28-15-14-20-17-25(29)23(16-18-6-3-2-4-7-18)22-8-5-9-24(28)26(20)22/h2-4,6-7,10-13,20,22-24,26H,5,8-9,14-17H2,1H3/t20-,22+,23+,24+,26+/m1/s1. The summed E-state index contributed by atoms with van der Waals surface area (Å²) in [6.45, 7) is 0.764. The normalized spacial score (nSPS) is 29.9. The topological polar surface area (TPSA) is 46.6 Å². The van der Waals surface area contributed by atoms with Crippen LogP contribution in [0.25, 0.3) is 0 Å². The first-order chi connectivity index (χ1) is 15.2. The summed E-state index contributed by atoms with van der Waals surface area (Å²) in [6.07, 6.45) is 5.76. The summed E-state index contributed by atoms with van der Waals surface area (Å²) in [5.74, 6) is 2.74. The third-order valence-corrected chi connectivity index (χ3v) is 7.95. The number of piperidine rings is 1. The number of nitrogens with zero attached hydrogens (tertiary/aromatic N) is 1. The van der Waals surface area contributed by atoms with Gasteiger partial charge in [-0.3, -0.25) is 9.59 Å². The summed E-state index contributed by atoms with van der Waals surface area (Å²) < 4.78 is 5.24. The predicted octanol–water partition coefficient (Wildman–Crippen LogP) is 4.77. The Hall–Kier alpha value is -2.62. The number of likely N-dealkylation sites (tertiary alicyclic amines) is 1. The van der Waals surface area contributed by atoms with Crippen molar-refractivity contribution >= 4 is 11.7 Å². The highest BCUT2D eigenvalue weighted by molar-refractivity contribution is 5.94. The van der Waals surface area contributed by atoms with Gasteiger partial charge in [-0.1, -0.05) is 36.8 Å². The molecule has 2 saturated carbocycles. The van der Waals surface area contributed by atoms with E-state index in [1.807, 2.05) is 30.3 Å². The average Bonchev–Trinajstić information content (AvgIpc) is 2.82. The minimum Gasteiger partial charge on any atom is -0.497 e. The summed E-state index contributed by atoms with van der Waals surface area (Å²) in [7, 11) is 1.64. The number of Topliss-reactive ketones (excluding diaryl/α,β-unsaturated/α-hetero) is 1. The van der Waals surface area contributed by atoms with Crippen molar-refractivity contribution in [3.8, 4) is 5.75 Å². The van der Waals surface area contributed by atoms with Gasteiger partial charge in [0.15, 0.2) is 0 Å². The van der Waals surface area contributed by atoms with Crippen LogP contribution in [-0.4, -0.2) is 36.3 Å². The van der Waals surface area contributed by atoms with E-state index in [0.29, 0.717) is 30.0 Å². The van der Waals surface area contributed by atoms with Crippen molar-refractivity contribution in [3.05, 3.63) is 65.7 Å². The lowest BCUT2D eigenvalue weighted by atomic mass is 9.55. The quantitative estimate of drug-likeness (QED) is 0.720. The average molecular weight is 418 g/mol. The van der Waals surface area contributed by atoms with Crippen molar-refractivity contribution in [1.82, 2.24) is 4.90 Å². The van der Waals surface area contributed by atoms with E-state index in [1.165, 1.54) is 5.56 Å². The van der Waals surface area contributed by atoms with Crippen LogP contribution in [0.15, 0.2) is 54.6 Å². The molecule has 1 amide bonds. The molecule has 3 fully saturated rings. The molecular weight excluding hydrogens is 386 g/mol. The summed E-state index contributed by atoms with van der Waals surface area (Å²) in [5.41, 5.74) is 1.98. The van der Waals surface area contributed by atoms with Crippen LogP contribution in [-0.2, 0) is 11.2 Å². The Bertz CT molecular complexity index is 939. The van der Waals surface area contributed by atoms with E-state index in [0.717, 1.165) is 50.0 Å². The first kappa shape index (κ1) is 20.3. The lowest BCUT2D eigenvalue weighted by Crippen LogP contribution is -2.59. The molecule has 5 rings (SSSR count). The Labute approximate surface area is 184 Å². The molecule has 4 heteroatoms. The first-order valence-electron chi connectivity index (χ1n) is 11.7. The van der Waals surface area contributed by atoms with Gasteiger partial charge in [0, 0.05) is 30.5 Å². The van der Waals surface area contributed by atoms with E-state index in [4.69, 9.17) is 4.74 Å². The lowest BCUT2D eigenvalue weighted by Gasteiger charge is -2.55. The molecule has 0 bridgehead atoms. The van der Waals surface area contributed by atoms with Crippen molar-refractivity contribution in [3.63, 3.8) is 0 Å². The fourth-order valence-corrected chi connectivity index (χ4v) is 6.56. The molecule has 2 aromatic carbocycles. The van der Waals surface area contributed by atoms with Crippen molar-refractivity contribution in [2.45, 2.75) is 44.6 Å². The van der Waals surface area contributed by atoms with Gasteiger partial charge in [0.2, 0.25) is 0 Å². The molecule has 0 aromatic heterocycles. The number of carbonyl (C=O) groups is 2. The molecule has 4 nitrogen and oxygen atoms in total. The van der Waals surface area contributed by atoms with Crippen molar-refractivity contribution in [1.29, 1.82) is 0 Å². The molecule has 1 heterocycles. The number of hydrogen-bond donors (Lipinski definition) is 0. The van der Waals surface area contributed by atoms with Crippen LogP contribution in [0.2, 0.25) is 0 Å². The van der Waals surface area contributed by atoms with Crippen LogP contribution in [0.5, 0.6) is 5.75 Å². The van der Waals surface area contributed by atoms with Gasteiger partial charge in [-0.2, -0.15) is 0 Å². The zero-order chi connectivity index (χ0) is 21.4. The number of amides is 1. The number of hydrogen-bond acceptors (Lipinski definition) is 3. The molecule has 0 unspecified atom stereocenters. The van der Waals surface area contributed by atoms with Crippen LogP contribution < -0.4 is 4.74 Å². The predicted molar refractivity (Wildman–Crippen MR) is 120 cm³/mol. The number of methoxy groups -OCH3 is 1. The molecule has 0 N–H and O–H groups in total. The molecule has 2 aliphatic carbocycles. The van der Waals surface area contributed by atoms with Gasteiger partial charge in [-0.05, 0) is 73.3 Å². The molecule has 1 aliphatic heterocycles. The third kappa shape index (κ3) is 3.77. The van der Waals surface area contributed by atoms with Gasteiger partial charge >= 0.3 is 0 Å². The highest BCUT2D eigenvalue weighted by atomic mass is 16.5. The molecule has 162 valence electrons. The second-order valence-corrected chi connectivity index (χ2v) is 9.48. The Morgan fingerprint density at radius 2 is 1.81 bits per heavy atom. The number of ketones is 1. The van der Waals surface area contributed by atoms with Crippen molar-refractivity contribution < 1.29 is 14.3 Å². The van der Waals surface area contributed by atoms with E-state index >= 15 is 0 Å². The minimum absolute atomic E-state index is 0.0995. The van der Waals surface area contributed by atoms with Crippen LogP contribution in [0, 0.1) is 23.7 Å². The third-order valence-electron chi connectivity index (χ3n) is 7.95. The second-order valence-electron chi connectivity index (χ2n) is 9.48. The van der Waals surface area contributed by atoms with E-state index < -0.39 is 0 Å². The monoisotopic (exact) mass is 417 g/mol. The molecule has 31 heavy (non-hydrogen) atoms. The van der Waals surface area contributed by atoms with Gasteiger partial charge in [-0.15, -0.1) is 0 Å². The Morgan fingerprint density at radius 1 is 1.03 bits per heavy atom. The van der Waals surface area contributed by atoms with Crippen molar-refractivity contribution in [2.75, 3.05) is 13.7 Å². The fraction of sp³-hybridized carbons (Fsp3) is 0.481. The molecule has 3 aliphatic rings. The second kappa shape index (κ2) is 8.49. The number of rotatable bonds is 4. The molecular formula is C27H31NO3.